The lowest BCUT2D eigenvalue weighted by Crippen LogP contribution is -2.28. The topological polar surface area (TPSA) is 127 Å². The number of benzene rings is 1. The maximum Gasteiger partial charge on any atom is 0.241 e. The number of H-pyrrole nitrogens is 1. The van der Waals surface area contributed by atoms with Gasteiger partial charge in [0.15, 0.2) is 5.82 Å². The van der Waals surface area contributed by atoms with Crippen molar-refractivity contribution in [3.05, 3.63) is 34.9 Å². The molecule has 0 aliphatic heterocycles. The number of halogens is 1. The summed E-state index contributed by atoms with van der Waals surface area (Å²) in [5.41, 5.74) is 5.87. The molecular weight excluding hydrogens is 299 g/mol. The fraction of sp³-hybridized carbons (Fsp3) is 0.364. The van der Waals surface area contributed by atoms with Crippen LogP contribution in [0.4, 0.5) is 4.39 Å². The molecule has 0 saturated heterocycles. The van der Waals surface area contributed by atoms with E-state index in [9.17, 15) is 12.8 Å². The van der Waals surface area contributed by atoms with E-state index in [-0.39, 0.29) is 22.8 Å². The number of aromatic amines is 1. The molecule has 0 fully saturated rings. The van der Waals surface area contributed by atoms with E-state index < -0.39 is 21.9 Å². The van der Waals surface area contributed by atoms with Crippen molar-refractivity contribution >= 4 is 10.0 Å². The molecule has 1 aromatic carbocycles. The molecule has 0 saturated carbocycles. The molecule has 21 heavy (non-hydrogen) atoms. The molecule has 1 aromatic heterocycles. The second-order valence-electron chi connectivity index (χ2n) is 4.52. The van der Waals surface area contributed by atoms with Gasteiger partial charge in [-0.3, -0.25) is 0 Å². The quantitative estimate of drug-likeness (QED) is 0.721. The molecule has 0 amide bonds. The Morgan fingerprint density at radius 1 is 1.48 bits per heavy atom. The van der Waals surface area contributed by atoms with Crippen molar-refractivity contribution in [2.75, 3.05) is 0 Å². The van der Waals surface area contributed by atoms with Gasteiger partial charge >= 0.3 is 0 Å². The molecule has 2 aromatic rings. The summed E-state index contributed by atoms with van der Waals surface area (Å²) in [6.07, 6.45) is 0. The van der Waals surface area contributed by atoms with Crippen LogP contribution < -0.4 is 10.5 Å². The molecule has 4 N–H and O–H groups in total. The molecule has 0 radical (unpaired) electrons. The summed E-state index contributed by atoms with van der Waals surface area (Å²) in [6.45, 7) is 2.99. The van der Waals surface area contributed by atoms with Gasteiger partial charge in [-0.25, -0.2) is 17.5 Å². The first-order valence-corrected chi connectivity index (χ1v) is 7.58. The maximum atomic E-state index is 13.8. The summed E-state index contributed by atoms with van der Waals surface area (Å²) in [4.78, 5) is -0.154. The first-order valence-electron chi connectivity index (χ1n) is 6.10. The molecule has 1 heterocycles. The van der Waals surface area contributed by atoms with E-state index >= 15 is 0 Å². The van der Waals surface area contributed by atoms with E-state index in [2.05, 4.69) is 25.3 Å². The zero-order chi connectivity index (χ0) is 15.6. The second-order valence-corrected chi connectivity index (χ2v) is 6.20. The Bertz CT molecular complexity index is 731. The van der Waals surface area contributed by atoms with Crippen molar-refractivity contribution in [3.63, 3.8) is 0 Å². The fourth-order valence-electron chi connectivity index (χ4n) is 1.81. The van der Waals surface area contributed by atoms with Crippen LogP contribution in [0.25, 0.3) is 0 Å². The van der Waals surface area contributed by atoms with Crippen molar-refractivity contribution in [2.45, 2.75) is 31.3 Å². The highest BCUT2D eigenvalue weighted by atomic mass is 32.2. The lowest BCUT2D eigenvalue weighted by molar-refractivity contribution is 0.555. The third kappa shape index (κ3) is 3.23. The van der Waals surface area contributed by atoms with Crippen LogP contribution in [0.3, 0.4) is 0 Å². The van der Waals surface area contributed by atoms with Gasteiger partial charge in [0.2, 0.25) is 10.0 Å². The predicted molar refractivity (Wildman–Crippen MR) is 71.9 cm³/mol. The molecule has 8 nitrogen and oxygen atoms in total. The highest BCUT2D eigenvalue weighted by Crippen LogP contribution is 2.22. The van der Waals surface area contributed by atoms with Gasteiger partial charge in [0.05, 0.1) is 10.9 Å². The molecule has 1 unspecified atom stereocenters. The van der Waals surface area contributed by atoms with Crippen LogP contribution in [0.15, 0.2) is 17.0 Å². The first kappa shape index (κ1) is 15.5. The third-order valence-corrected chi connectivity index (χ3v) is 4.63. The van der Waals surface area contributed by atoms with Crippen LogP contribution in [0.2, 0.25) is 0 Å². The van der Waals surface area contributed by atoms with E-state index in [0.717, 1.165) is 0 Å². The zero-order valence-electron chi connectivity index (χ0n) is 11.5. The number of nitrogens with two attached hydrogens (primary N) is 1. The van der Waals surface area contributed by atoms with Crippen molar-refractivity contribution in [1.82, 2.24) is 25.3 Å². The van der Waals surface area contributed by atoms with Crippen molar-refractivity contribution < 1.29 is 12.8 Å². The van der Waals surface area contributed by atoms with E-state index in [1.807, 2.05) is 0 Å². The van der Waals surface area contributed by atoms with E-state index in [1.165, 1.54) is 19.1 Å². The Balaban J connectivity index is 2.38. The van der Waals surface area contributed by atoms with Gasteiger partial charge in [-0.15, -0.1) is 10.2 Å². The number of tetrazole rings is 1. The number of hydrogen-bond donors (Lipinski definition) is 3. The van der Waals surface area contributed by atoms with Crippen LogP contribution >= 0.6 is 0 Å². The minimum atomic E-state index is -3.94. The van der Waals surface area contributed by atoms with Gasteiger partial charge in [-0.05, 0) is 31.5 Å². The molecule has 0 aliphatic carbocycles. The van der Waals surface area contributed by atoms with Crippen LogP contribution in [-0.4, -0.2) is 29.0 Å². The lowest BCUT2D eigenvalue weighted by Gasteiger charge is -2.14. The zero-order valence-corrected chi connectivity index (χ0v) is 12.3. The molecule has 0 aliphatic rings. The number of sulfonamides is 1. The SMILES string of the molecule is Cc1c(F)cc(CN)cc1S(=O)(=O)NC(C)c1nn[nH]n1. The number of nitrogens with one attached hydrogen (secondary N) is 2. The van der Waals surface area contributed by atoms with Crippen LogP contribution in [0.5, 0.6) is 0 Å². The smallest absolute Gasteiger partial charge is 0.241 e. The molecule has 2 rings (SSSR count). The number of aromatic nitrogens is 4. The van der Waals surface area contributed by atoms with Crippen LogP contribution in [0, 0.1) is 12.7 Å². The summed E-state index contributed by atoms with van der Waals surface area (Å²) >= 11 is 0. The van der Waals surface area contributed by atoms with Crippen molar-refractivity contribution in [1.29, 1.82) is 0 Å². The Kier molecular flexibility index (Phi) is 4.30. The Hall–Kier alpha value is -1.91. The van der Waals surface area contributed by atoms with Crippen molar-refractivity contribution in [3.8, 4) is 0 Å². The largest absolute Gasteiger partial charge is 0.326 e. The molecule has 114 valence electrons. The molecule has 0 bridgehead atoms. The van der Waals surface area contributed by atoms with Gasteiger partial charge in [0.25, 0.3) is 0 Å². The van der Waals surface area contributed by atoms with Gasteiger partial charge in [0, 0.05) is 12.1 Å². The van der Waals surface area contributed by atoms with Gasteiger partial charge < -0.3 is 5.73 Å². The van der Waals surface area contributed by atoms with Gasteiger partial charge in [0.1, 0.15) is 5.82 Å². The highest BCUT2D eigenvalue weighted by Gasteiger charge is 2.24. The lowest BCUT2D eigenvalue weighted by atomic mass is 10.1. The van der Waals surface area contributed by atoms with E-state index in [1.54, 1.807) is 6.92 Å². The standard InChI is InChI=1S/C11H15FN6O2S/c1-6-9(12)3-8(5-13)4-10(6)21(19,20)16-7(2)11-14-17-18-15-11/h3-4,7,16H,5,13H2,1-2H3,(H,14,15,17,18). The number of nitrogens with zero attached hydrogens (tertiary/aromatic N) is 3. The normalized spacial score (nSPS) is 13.3. The fourth-order valence-corrected chi connectivity index (χ4v) is 3.31. The Morgan fingerprint density at radius 2 is 2.19 bits per heavy atom. The maximum absolute atomic E-state index is 13.8. The van der Waals surface area contributed by atoms with Gasteiger partial charge in [-0.2, -0.15) is 5.21 Å². The average molecular weight is 314 g/mol. The molecule has 10 heteroatoms. The molecule has 0 spiro atoms. The van der Waals surface area contributed by atoms with E-state index in [4.69, 9.17) is 5.73 Å². The third-order valence-electron chi connectivity index (χ3n) is 2.96. The first-order chi connectivity index (χ1) is 9.85. The predicted octanol–water partition coefficient (Wildman–Crippen LogP) is 0.145. The monoisotopic (exact) mass is 314 g/mol. The summed E-state index contributed by atoms with van der Waals surface area (Å²) in [6, 6.07) is 1.86. The number of rotatable bonds is 5. The van der Waals surface area contributed by atoms with Crippen LogP contribution in [0.1, 0.15) is 29.9 Å². The summed E-state index contributed by atoms with van der Waals surface area (Å²) in [7, 11) is -3.94. The van der Waals surface area contributed by atoms with Gasteiger partial charge in [-0.1, -0.05) is 5.21 Å². The summed E-state index contributed by atoms with van der Waals surface area (Å²) in [5.74, 6) is -0.433. The summed E-state index contributed by atoms with van der Waals surface area (Å²) < 4.78 is 40.9. The average Bonchev–Trinajstić information content (AvgIpc) is 2.95. The molecular formula is C11H15FN6O2S. The van der Waals surface area contributed by atoms with Crippen LogP contribution in [-0.2, 0) is 16.6 Å². The Labute approximate surface area is 121 Å². The van der Waals surface area contributed by atoms with Crippen molar-refractivity contribution in [2.24, 2.45) is 5.73 Å². The summed E-state index contributed by atoms with van der Waals surface area (Å²) in [5, 5.41) is 13.0. The van der Waals surface area contributed by atoms with E-state index in [0.29, 0.717) is 5.56 Å². The Morgan fingerprint density at radius 3 is 2.76 bits per heavy atom. The molecule has 1 atom stereocenters. The highest BCUT2D eigenvalue weighted by molar-refractivity contribution is 7.89. The minimum Gasteiger partial charge on any atom is -0.326 e. The second kappa shape index (κ2) is 5.84. The minimum absolute atomic E-state index is 0.0278. The number of hydrogen-bond acceptors (Lipinski definition) is 6.